The van der Waals surface area contributed by atoms with Crippen molar-refractivity contribution in [2.45, 2.75) is 39.8 Å². The summed E-state index contributed by atoms with van der Waals surface area (Å²) >= 11 is 0. The number of carboxylic acid groups (broad SMARTS) is 1. The molecule has 2 aromatic rings. The quantitative estimate of drug-likeness (QED) is 0.628. The first-order chi connectivity index (χ1) is 13.7. The van der Waals surface area contributed by atoms with Crippen molar-refractivity contribution in [1.29, 1.82) is 0 Å². The minimum Gasteiger partial charge on any atom is -0.480 e. The summed E-state index contributed by atoms with van der Waals surface area (Å²) in [6.07, 6.45) is 2.22. The summed E-state index contributed by atoms with van der Waals surface area (Å²) in [5.74, 6) is -2.16. The Morgan fingerprint density at radius 2 is 1.76 bits per heavy atom. The molecule has 29 heavy (non-hydrogen) atoms. The molecule has 154 valence electrons. The van der Waals surface area contributed by atoms with Crippen molar-refractivity contribution in [1.82, 2.24) is 9.88 Å². The van der Waals surface area contributed by atoms with E-state index in [1.165, 1.54) is 22.8 Å². The number of carboxylic acids is 1. The molecule has 0 aliphatic carbocycles. The largest absolute Gasteiger partial charge is 0.480 e. The monoisotopic (exact) mass is 399 g/mol. The Morgan fingerprint density at radius 1 is 1.10 bits per heavy atom. The second-order valence-electron chi connectivity index (χ2n) is 6.97. The smallest absolute Gasteiger partial charge is 0.326 e. The van der Waals surface area contributed by atoms with Crippen molar-refractivity contribution in [2.24, 2.45) is 5.92 Å². The Balaban J connectivity index is 2.01. The molecule has 0 spiro atoms. The van der Waals surface area contributed by atoms with Crippen LogP contribution in [-0.2, 0) is 16.1 Å². The standard InChI is InChI=1S/C21H25N3O5/c1-4-14(3)19(21(28)29)23-20(27)15-6-8-16(9-7-15)22-17(25)12-24-11-13(2)5-10-18(24)26/h5-11,14,19H,4,12H2,1-3H3,(H,22,25)(H,23,27)(H,28,29). The summed E-state index contributed by atoms with van der Waals surface area (Å²) in [6, 6.07) is 8.20. The summed E-state index contributed by atoms with van der Waals surface area (Å²) in [6.45, 7) is 5.32. The second-order valence-corrected chi connectivity index (χ2v) is 6.97. The molecule has 0 radical (unpaired) electrons. The molecule has 1 heterocycles. The van der Waals surface area contributed by atoms with Gasteiger partial charge in [0.1, 0.15) is 12.6 Å². The van der Waals surface area contributed by atoms with Crippen LogP contribution in [0.4, 0.5) is 5.69 Å². The molecule has 2 rings (SSSR count). The molecule has 0 fully saturated rings. The maximum absolute atomic E-state index is 12.3. The van der Waals surface area contributed by atoms with Crippen molar-refractivity contribution < 1.29 is 19.5 Å². The molecule has 2 unspecified atom stereocenters. The third-order valence-electron chi connectivity index (χ3n) is 4.64. The first kappa shape index (κ1) is 21.9. The van der Waals surface area contributed by atoms with Gasteiger partial charge in [-0.3, -0.25) is 14.4 Å². The molecular formula is C21H25N3O5. The van der Waals surface area contributed by atoms with E-state index in [0.717, 1.165) is 5.56 Å². The van der Waals surface area contributed by atoms with Gasteiger partial charge in [-0.25, -0.2) is 4.79 Å². The molecule has 0 saturated carbocycles. The lowest BCUT2D eigenvalue weighted by Crippen LogP contribution is -2.45. The van der Waals surface area contributed by atoms with E-state index in [9.17, 15) is 24.3 Å². The van der Waals surface area contributed by atoms with Gasteiger partial charge in [-0.15, -0.1) is 0 Å². The molecule has 8 nitrogen and oxygen atoms in total. The number of hydrogen-bond donors (Lipinski definition) is 3. The number of amides is 2. The van der Waals surface area contributed by atoms with E-state index >= 15 is 0 Å². The van der Waals surface area contributed by atoms with Crippen LogP contribution in [0.3, 0.4) is 0 Å². The summed E-state index contributed by atoms with van der Waals surface area (Å²) in [7, 11) is 0. The van der Waals surface area contributed by atoms with Crippen molar-refractivity contribution >= 4 is 23.5 Å². The number of rotatable bonds is 8. The van der Waals surface area contributed by atoms with Crippen molar-refractivity contribution in [3.63, 3.8) is 0 Å². The fraction of sp³-hybridized carbons (Fsp3) is 0.333. The van der Waals surface area contributed by atoms with Gasteiger partial charge in [0.05, 0.1) is 0 Å². The molecule has 0 bridgehead atoms. The molecule has 1 aromatic carbocycles. The molecule has 8 heteroatoms. The van der Waals surface area contributed by atoms with Gasteiger partial charge in [0, 0.05) is 23.5 Å². The number of aliphatic carboxylic acids is 1. The zero-order valence-corrected chi connectivity index (χ0v) is 16.6. The van der Waals surface area contributed by atoms with Crippen LogP contribution >= 0.6 is 0 Å². The van der Waals surface area contributed by atoms with Crippen LogP contribution in [0.5, 0.6) is 0 Å². The summed E-state index contributed by atoms with van der Waals surface area (Å²) in [5, 5.41) is 14.5. The maximum Gasteiger partial charge on any atom is 0.326 e. The minimum absolute atomic E-state index is 0.127. The highest BCUT2D eigenvalue weighted by atomic mass is 16.4. The third-order valence-corrected chi connectivity index (χ3v) is 4.64. The van der Waals surface area contributed by atoms with E-state index in [0.29, 0.717) is 12.1 Å². The summed E-state index contributed by atoms with van der Waals surface area (Å²) in [5.41, 5.74) is 1.34. The number of pyridine rings is 1. The highest BCUT2D eigenvalue weighted by Crippen LogP contribution is 2.12. The highest BCUT2D eigenvalue weighted by Gasteiger charge is 2.25. The normalized spacial score (nSPS) is 12.7. The van der Waals surface area contributed by atoms with Gasteiger partial charge in [-0.2, -0.15) is 0 Å². The van der Waals surface area contributed by atoms with E-state index in [4.69, 9.17) is 0 Å². The van der Waals surface area contributed by atoms with Gasteiger partial charge < -0.3 is 20.3 Å². The van der Waals surface area contributed by atoms with Gasteiger partial charge in [0.15, 0.2) is 0 Å². The zero-order valence-electron chi connectivity index (χ0n) is 16.6. The third kappa shape index (κ3) is 6.03. The average molecular weight is 399 g/mol. The number of hydrogen-bond acceptors (Lipinski definition) is 4. The molecule has 1 aromatic heterocycles. The van der Waals surface area contributed by atoms with E-state index in [1.807, 2.05) is 13.8 Å². The Bertz CT molecular complexity index is 950. The Morgan fingerprint density at radius 3 is 2.34 bits per heavy atom. The van der Waals surface area contributed by atoms with E-state index in [1.54, 1.807) is 31.3 Å². The van der Waals surface area contributed by atoms with Crippen LogP contribution in [0, 0.1) is 12.8 Å². The van der Waals surface area contributed by atoms with E-state index in [2.05, 4.69) is 10.6 Å². The molecule has 0 aliphatic heterocycles. The predicted octanol–water partition coefficient (Wildman–Crippen LogP) is 2.02. The number of aromatic nitrogens is 1. The number of anilines is 1. The topological polar surface area (TPSA) is 118 Å². The number of aryl methyl sites for hydroxylation is 1. The Hall–Kier alpha value is -3.42. The van der Waals surface area contributed by atoms with Crippen molar-refractivity contribution in [2.75, 3.05) is 5.32 Å². The van der Waals surface area contributed by atoms with Crippen LogP contribution in [0.1, 0.15) is 36.2 Å². The number of carbonyl (C=O) groups is 3. The van der Waals surface area contributed by atoms with Gasteiger partial charge in [0.2, 0.25) is 5.91 Å². The molecule has 2 amide bonds. The molecule has 3 N–H and O–H groups in total. The van der Waals surface area contributed by atoms with Gasteiger partial charge >= 0.3 is 5.97 Å². The lowest BCUT2D eigenvalue weighted by Gasteiger charge is -2.20. The molecule has 0 saturated heterocycles. The lowest BCUT2D eigenvalue weighted by atomic mass is 9.99. The summed E-state index contributed by atoms with van der Waals surface area (Å²) < 4.78 is 1.31. The maximum atomic E-state index is 12.3. The van der Waals surface area contributed by atoms with E-state index in [-0.39, 0.29) is 29.5 Å². The fourth-order valence-corrected chi connectivity index (χ4v) is 2.74. The fourth-order valence-electron chi connectivity index (χ4n) is 2.74. The van der Waals surface area contributed by atoms with Crippen LogP contribution < -0.4 is 16.2 Å². The van der Waals surface area contributed by atoms with Gasteiger partial charge in [-0.05, 0) is 42.7 Å². The van der Waals surface area contributed by atoms with E-state index < -0.39 is 17.9 Å². The van der Waals surface area contributed by atoms with Crippen molar-refractivity contribution in [3.8, 4) is 0 Å². The van der Waals surface area contributed by atoms with Crippen LogP contribution in [-0.4, -0.2) is 33.5 Å². The van der Waals surface area contributed by atoms with Gasteiger partial charge in [0.25, 0.3) is 11.5 Å². The average Bonchev–Trinajstić information content (AvgIpc) is 2.68. The minimum atomic E-state index is -1.08. The Kier molecular flexibility index (Phi) is 7.30. The van der Waals surface area contributed by atoms with Crippen LogP contribution in [0.15, 0.2) is 47.4 Å². The number of benzene rings is 1. The van der Waals surface area contributed by atoms with Crippen LogP contribution in [0.25, 0.3) is 0 Å². The first-order valence-corrected chi connectivity index (χ1v) is 9.32. The van der Waals surface area contributed by atoms with Crippen molar-refractivity contribution in [3.05, 3.63) is 64.1 Å². The predicted molar refractivity (Wildman–Crippen MR) is 109 cm³/mol. The zero-order chi connectivity index (χ0) is 21.6. The first-order valence-electron chi connectivity index (χ1n) is 9.32. The number of carbonyl (C=O) groups excluding carboxylic acids is 2. The number of nitrogens with zero attached hydrogens (tertiary/aromatic N) is 1. The SMILES string of the molecule is CCC(C)C(NC(=O)c1ccc(NC(=O)Cn2cc(C)ccc2=O)cc1)C(=O)O. The Labute approximate surface area is 168 Å². The molecule has 2 atom stereocenters. The van der Waals surface area contributed by atoms with Crippen LogP contribution in [0.2, 0.25) is 0 Å². The lowest BCUT2D eigenvalue weighted by molar-refractivity contribution is -0.140. The second kappa shape index (κ2) is 9.68. The molecular weight excluding hydrogens is 374 g/mol. The summed E-state index contributed by atoms with van der Waals surface area (Å²) in [4.78, 5) is 47.6. The number of nitrogens with one attached hydrogen (secondary N) is 2. The van der Waals surface area contributed by atoms with Gasteiger partial charge in [-0.1, -0.05) is 26.3 Å². The molecule has 0 aliphatic rings. The highest BCUT2D eigenvalue weighted by molar-refractivity contribution is 5.97.